The molecule has 0 heteroatoms. The van der Waals surface area contributed by atoms with E-state index in [-0.39, 0.29) is 1.43 Å². The summed E-state index contributed by atoms with van der Waals surface area (Å²) in [6, 6.07) is 18.9. The molecule has 0 radical (unpaired) electrons. The molecule has 2 rings (SSSR count). The molecular formula is C17H24. The van der Waals surface area contributed by atoms with Gasteiger partial charge in [0.2, 0.25) is 0 Å². The van der Waals surface area contributed by atoms with Gasteiger partial charge in [-0.05, 0) is 25.3 Å². The van der Waals surface area contributed by atoms with Gasteiger partial charge in [0.25, 0.3) is 0 Å². The largest absolute Gasteiger partial charge is 0.0622 e. The summed E-state index contributed by atoms with van der Waals surface area (Å²) in [4.78, 5) is 0. The molecule has 0 fully saturated rings. The minimum atomic E-state index is 0. The van der Waals surface area contributed by atoms with Gasteiger partial charge in [0.15, 0.2) is 0 Å². The predicted molar refractivity (Wildman–Crippen MR) is 78.6 cm³/mol. The van der Waals surface area contributed by atoms with Crippen molar-refractivity contribution in [1.82, 2.24) is 0 Å². The van der Waals surface area contributed by atoms with Crippen LogP contribution in [0, 0.1) is 13.8 Å². The Balaban J connectivity index is 0.000000321. The van der Waals surface area contributed by atoms with Crippen LogP contribution < -0.4 is 0 Å². The van der Waals surface area contributed by atoms with E-state index in [4.69, 9.17) is 0 Å². The van der Waals surface area contributed by atoms with Crippen molar-refractivity contribution in [1.29, 1.82) is 0 Å². The van der Waals surface area contributed by atoms with Crippen LogP contribution >= 0.6 is 0 Å². The van der Waals surface area contributed by atoms with Gasteiger partial charge in [0.1, 0.15) is 0 Å². The summed E-state index contributed by atoms with van der Waals surface area (Å²) >= 11 is 0. The highest BCUT2D eigenvalue weighted by Crippen LogP contribution is 2.14. The fourth-order valence-corrected chi connectivity index (χ4v) is 1.56. The van der Waals surface area contributed by atoms with Crippen LogP contribution in [0.25, 0.3) is 0 Å². The fraction of sp³-hybridized carbons (Fsp3) is 0.294. The third-order valence-electron chi connectivity index (χ3n) is 2.65. The summed E-state index contributed by atoms with van der Waals surface area (Å²) in [6.45, 7) is 8.65. The maximum Gasteiger partial charge on any atom is 0 e. The van der Waals surface area contributed by atoms with Crippen molar-refractivity contribution in [2.45, 2.75) is 33.6 Å². The lowest BCUT2D eigenvalue weighted by atomic mass is 10.0. The molecule has 0 N–H and O–H groups in total. The van der Waals surface area contributed by atoms with E-state index < -0.39 is 0 Å². The van der Waals surface area contributed by atoms with Gasteiger partial charge in [0, 0.05) is 1.43 Å². The zero-order chi connectivity index (χ0) is 12.7. The van der Waals surface area contributed by atoms with Gasteiger partial charge in [0.05, 0.1) is 0 Å². The topological polar surface area (TPSA) is 0 Å². The predicted octanol–water partition coefficient (Wildman–Crippen LogP) is 5.36. The molecule has 0 amide bonds. The molecule has 0 aliphatic rings. The lowest BCUT2D eigenvalue weighted by Crippen LogP contribution is -1.86. The van der Waals surface area contributed by atoms with E-state index in [0.29, 0.717) is 5.92 Å². The molecule has 0 aromatic heterocycles. The lowest BCUT2D eigenvalue weighted by Gasteiger charge is -2.04. The molecule has 0 aliphatic heterocycles. The Morgan fingerprint density at radius 1 is 0.765 bits per heavy atom. The molecular weight excluding hydrogens is 204 g/mol. The molecule has 92 valence electrons. The summed E-state index contributed by atoms with van der Waals surface area (Å²) in [5, 5.41) is 0. The molecule has 0 nitrogen and oxygen atoms in total. The lowest BCUT2D eigenvalue weighted by molar-refractivity contribution is 0.865. The Labute approximate surface area is 107 Å². The van der Waals surface area contributed by atoms with Crippen LogP contribution in [0.4, 0.5) is 0 Å². The van der Waals surface area contributed by atoms with E-state index in [1.54, 1.807) is 0 Å². The minimum Gasteiger partial charge on any atom is -0.0622 e. The standard InChI is InChI=1S/C10H14.C7H8.H2/c1-8(2)10-6-4-5-9(3)7-10;1-7-5-3-2-4-6-7;/h4-8H,1-3H3;2-6H,1H3;1H. The summed E-state index contributed by atoms with van der Waals surface area (Å²) in [5.41, 5.74) is 4.11. The first kappa shape index (κ1) is 13.5. The zero-order valence-electron chi connectivity index (χ0n) is 11.3. The average molecular weight is 228 g/mol. The Morgan fingerprint density at radius 2 is 1.35 bits per heavy atom. The second-order valence-electron chi connectivity index (χ2n) is 4.72. The van der Waals surface area contributed by atoms with Crippen LogP contribution in [-0.4, -0.2) is 0 Å². The normalized spacial score (nSPS) is 9.71. The molecule has 0 saturated carbocycles. The van der Waals surface area contributed by atoms with Crippen molar-refractivity contribution < 1.29 is 1.43 Å². The smallest absolute Gasteiger partial charge is 0 e. The molecule has 0 atom stereocenters. The van der Waals surface area contributed by atoms with Crippen molar-refractivity contribution in [3.63, 3.8) is 0 Å². The van der Waals surface area contributed by atoms with Gasteiger partial charge in [-0.1, -0.05) is 79.6 Å². The fourth-order valence-electron chi connectivity index (χ4n) is 1.56. The minimum absolute atomic E-state index is 0. The van der Waals surface area contributed by atoms with E-state index in [2.05, 4.69) is 64.1 Å². The Kier molecular flexibility index (Phi) is 5.48. The molecule has 0 spiro atoms. The highest BCUT2D eigenvalue weighted by atomic mass is 14.0. The first-order valence-electron chi connectivity index (χ1n) is 6.18. The molecule has 0 unspecified atom stereocenters. The highest BCUT2D eigenvalue weighted by Gasteiger charge is 1.96. The Morgan fingerprint density at radius 3 is 1.71 bits per heavy atom. The number of hydrogen-bond donors (Lipinski definition) is 0. The van der Waals surface area contributed by atoms with E-state index in [9.17, 15) is 0 Å². The van der Waals surface area contributed by atoms with Crippen molar-refractivity contribution in [3.8, 4) is 0 Å². The molecule has 2 aromatic rings. The van der Waals surface area contributed by atoms with Crippen LogP contribution in [0.15, 0.2) is 54.6 Å². The van der Waals surface area contributed by atoms with Crippen LogP contribution in [-0.2, 0) is 0 Å². The Bertz CT molecular complexity index is 432. The van der Waals surface area contributed by atoms with Gasteiger partial charge in [-0.25, -0.2) is 0 Å². The molecule has 2 aromatic carbocycles. The monoisotopic (exact) mass is 228 g/mol. The second-order valence-corrected chi connectivity index (χ2v) is 4.72. The summed E-state index contributed by atoms with van der Waals surface area (Å²) in [7, 11) is 0. The molecule has 0 aliphatic carbocycles. The van der Waals surface area contributed by atoms with Crippen LogP contribution in [0.5, 0.6) is 0 Å². The highest BCUT2D eigenvalue weighted by molar-refractivity contribution is 5.24. The van der Waals surface area contributed by atoms with Crippen molar-refractivity contribution in [2.24, 2.45) is 0 Å². The molecule has 0 saturated heterocycles. The third-order valence-corrected chi connectivity index (χ3v) is 2.65. The van der Waals surface area contributed by atoms with E-state index in [0.717, 1.165) is 0 Å². The van der Waals surface area contributed by atoms with Gasteiger partial charge in [-0.15, -0.1) is 0 Å². The molecule has 0 bridgehead atoms. The summed E-state index contributed by atoms with van der Waals surface area (Å²) in [5.74, 6) is 0.653. The number of rotatable bonds is 1. The molecule has 0 heterocycles. The summed E-state index contributed by atoms with van der Waals surface area (Å²) < 4.78 is 0. The van der Waals surface area contributed by atoms with Crippen molar-refractivity contribution in [2.75, 3.05) is 0 Å². The quantitative estimate of drug-likeness (QED) is 0.616. The van der Waals surface area contributed by atoms with Gasteiger partial charge in [-0.3, -0.25) is 0 Å². The second kappa shape index (κ2) is 6.90. The number of aryl methyl sites for hydroxylation is 2. The van der Waals surface area contributed by atoms with Gasteiger partial charge >= 0.3 is 0 Å². The van der Waals surface area contributed by atoms with E-state index in [1.807, 2.05) is 18.2 Å². The van der Waals surface area contributed by atoms with Gasteiger partial charge in [-0.2, -0.15) is 0 Å². The Hall–Kier alpha value is -1.56. The SMILES string of the molecule is Cc1cccc(C(C)C)c1.Cc1ccccc1.[HH]. The average Bonchev–Trinajstić information content (AvgIpc) is 2.31. The summed E-state index contributed by atoms with van der Waals surface area (Å²) in [6.07, 6.45) is 0. The zero-order valence-corrected chi connectivity index (χ0v) is 11.3. The van der Waals surface area contributed by atoms with Gasteiger partial charge < -0.3 is 0 Å². The maximum absolute atomic E-state index is 2.24. The maximum atomic E-state index is 2.24. The molecule has 17 heavy (non-hydrogen) atoms. The first-order valence-corrected chi connectivity index (χ1v) is 6.18. The first-order chi connectivity index (χ1) is 8.09. The van der Waals surface area contributed by atoms with Crippen LogP contribution in [0.1, 0.15) is 37.9 Å². The number of hydrogen-bond acceptors (Lipinski definition) is 0. The third kappa shape index (κ3) is 5.35. The van der Waals surface area contributed by atoms with Crippen molar-refractivity contribution in [3.05, 3.63) is 71.3 Å². The van der Waals surface area contributed by atoms with E-state index >= 15 is 0 Å². The van der Waals surface area contributed by atoms with Crippen LogP contribution in [0.3, 0.4) is 0 Å². The van der Waals surface area contributed by atoms with Crippen molar-refractivity contribution >= 4 is 0 Å². The van der Waals surface area contributed by atoms with E-state index in [1.165, 1.54) is 16.7 Å². The number of benzene rings is 2. The van der Waals surface area contributed by atoms with Crippen LogP contribution in [0.2, 0.25) is 0 Å².